The first kappa shape index (κ1) is 20.3. The Morgan fingerprint density at radius 3 is 2.64 bits per heavy atom. The van der Waals surface area contributed by atoms with Gasteiger partial charge in [0.1, 0.15) is 0 Å². The van der Waals surface area contributed by atoms with Gasteiger partial charge in [-0.3, -0.25) is 4.79 Å². The quantitative estimate of drug-likeness (QED) is 0.447. The minimum absolute atomic E-state index is 0.000242. The number of aliphatic imine (C=N–C) groups is 1. The lowest BCUT2D eigenvalue weighted by Gasteiger charge is -2.19. The maximum atomic E-state index is 11.9. The molecule has 2 saturated carbocycles. The summed E-state index contributed by atoms with van der Waals surface area (Å²) in [4.78, 5) is 16.6. The lowest BCUT2D eigenvalue weighted by atomic mass is 10.1. The van der Waals surface area contributed by atoms with E-state index in [2.05, 4.69) is 20.9 Å². The van der Waals surface area contributed by atoms with Crippen LogP contribution in [0.4, 0.5) is 0 Å². The third-order valence-electron chi connectivity index (χ3n) is 4.98. The molecule has 0 bridgehead atoms. The number of nitrogens with one attached hydrogen (secondary N) is 3. The van der Waals surface area contributed by atoms with Crippen LogP contribution < -0.4 is 25.4 Å². The van der Waals surface area contributed by atoms with Gasteiger partial charge in [-0.25, -0.2) is 4.99 Å². The van der Waals surface area contributed by atoms with Gasteiger partial charge in [-0.1, -0.05) is 12.1 Å². The lowest BCUT2D eigenvalue weighted by Crippen LogP contribution is -2.43. The second-order valence-electron chi connectivity index (χ2n) is 7.36. The van der Waals surface area contributed by atoms with E-state index < -0.39 is 0 Å². The van der Waals surface area contributed by atoms with E-state index in [9.17, 15) is 4.79 Å². The molecular weight excluding hydrogens is 356 g/mol. The highest BCUT2D eigenvalue weighted by atomic mass is 16.5. The molecule has 154 valence electrons. The van der Waals surface area contributed by atoms with Gasteiger partial charge in [-0.2, -0.15) is 0 Å². The van der Waals surface area contributed by atoms with Crippen LogP contribution in [0.25, 0.3) is 0 Å². The number of nitrogens with zero attached hydrogens (tertiary/aromatic N) is 1. The van der Waals surface area contributed by atoms with E-state index in [0.717, 1.165) is 49.3 Å². The van der Waals surface area contributed by atoms with Gasteiger partial charge in [0.05, 0.1) is 26.3 Å². The number of ether oxygens (including phenoxy) is 2. The normalized spacial score (nSPS) is 17.3. The summed E-state index contributed by atoms with van der Waals surface area (Å²) in [7, 11) is 1.66. The smallest absolute Gasteiger partial charge is 0.239 e. The number of hydrogen-bond acceptors (Lipinski definition) is 4. The van der Waals surface area contributed by atoms with Crippen LogP contribution in [0.5, 0.6) is 11.5 Å². The summed E-state index contributed by atoms with van der Waals surface area (Å²) in [5.41, 5.74) is 0.978. The number of benzene rings is 1. The van der Waals surface area contributed by atoms with Gasteiger partial charge in [0.25, 0.3) is 0 Å². The van der Waals surface area contributed by atoms with Crippen molar-refractivity contribution in [1.82, 2.24) is 16.0 Å². The highest BCUT2D eigenvalue weighted by molar-refractivity contribution is 5.86. The number of hydrogen-bond donors (Lipinski definition) is 3. The predicted molar refractivity (Wildman–Crippen MR) is 110 cm³/mol. The number of methoxy groups -OCH3 is 1. The monoisotopic (exact) mass is 388 g/mol. The Bertz CT molecular complexity index is 682. The Balaban J connectivity index is 1.65. The van der Waals surface area contributed by atoms with Crippen molar-refractivity contribution in [2.24, 2.45) is 4.99 Å². The van der Waals surface area contributed by atoms with Crippen molar-refractivity contribution in [2.45, 2.75) is 64.1 Å². The van der Waals surface area contributed by atoms with Crippen LogP contribution in [-0.2, 0) is 11.3 Å². The van der Waals surface area contributed by atoms with E-state index >= 15 is 0 Å². The van der Waals surface area contributed by atoms with Crippen LogP contribution in [0.2, 0.25) is 0 Å². The zero-order chi connectivity index (χ0) is 19.8. The van der Waals surface area contributed by atoms with Crippen LogP contribution in [0, 0.1) is 0 Å². The van der Waals surface area contributed by atoms with Crippen molar-refractivity contribution >= 4 is 11.9 Å². The third kappa shape index (κ3) is 6.04. The summed E-state index contributed by atoms with van der Waals surface area (Å²) in [5.74, 6) is 2.13. The molecule has 2 aliphatic rings. The molecule has 0 unspecified atom stereocenters. The van der Waals surface area contributed by atoms with Crippen LogP contribution >= 0.6 is 0 Å². The van der Waals surface area contributed by atoms with Gasteiger partial charge in [0, 0.05) is 18.2 Å². The van der Waals surface area contributed by atoms with Crippen LogP contribution in [-0.4, -0.2) is 44.2 Å². The molecule has 1 aromatic carbocycles. The average molecular weight is 389 g/mol. The summed E-state index contributed by atoms with van der Waals surface area (Å²) in [5, 5.41) is 9.25. The van der Waals surface area contributed by atoms with E-state index in [1.807, 2.05) is 25.1 Å². The number of amides is 1. The van der Waals surface area contributed by atoms with E-state index in [4.69, 9.17) is 9.47 Å². The molecule has 0 aromatic heterocycles. The third-order valence-corrected chi connectivity index (χ3v) is 4.98. The molecule has 2 aliphatic carbocycles. The molecule has 2 fully saturated rings. The second-order valence-corrected chi connectivity index (χ2v) is 7.36. The fourth-order valence-corrected chi connectivity index (χ4v) is 3.33. The molecule has 0 aliphatic heterocycles. The van der Waals surface area contributed by atoms with E-state index in [1.165, 1.54) is 12.8 Å². The van der Waals surface area contributed by atoms with Crippen LogP contribution in [0.3, 0.4) is 0 Å². The van der Waals surface area contributed by atoms with Gasteiger partial charge < -0.3 is 25.4 Å². The summed E-state index contributed by atoms with van der Waals surface area (Å²) in [6.45, 7) is 3.38. The van der Waals surface area contributed by atoms with Gasteiger partial charge >= 0.3 is 0 Å². The van der Waals surface area contributed by atoms with Crippen molar-refractivity contribution in [3.8, 4) is 11.5 Å². The minimum atomic E-state index is -0.000242. The molecule has 0 spiro atoms. The van der Waals surface area contributed by atoms with Crippen LogP contribution in [0.1, 0.15) is 51.0 Å². The molecule has 1 aromatic rings. The van der Waals surface area contributed by atoms with E-state index in [1.54, 1.807) is 7.11 Å². The Hall–Kier alpha value is -2.44. The number of para-hydroxylation sites is 1. The first-order valence-electron chi connectivity index (χ1n) is 10.3. The van der Waals surface area contributed by atoms with Crippen LogP contribution in [0.15, 0.2) is 23.2 Å². The van der Waals surface area contributed by atoms with E-state index in [0.29, 0.717) is 18.5 Å². The molecule has 0 heterocycles. The summed E-state index contributed by atoms with van der Waals surface area (Å²) in [6, 6.07) is 6.25. The number of rotatable bonds is 9. The maximum Gasteiger partial charge on any atom is 0.239 e. The number of carbonyl (C=O) groups excluding carboxylic acids is 1. The minimum Gasteiger partial charge on any atom is -0.493 e. The molecule has 3 rings (SSSR count). The predicted octanol–water partition coefficient (Wildman–Crippen LogP) is 2.35. The lowest BCUT2D eigenvalue weighted by molar-refractivity contribution is -0.120. The summed E-state index contributed by atoms with van der Waals surface area (Å²) < 4.78 is 11.8. The summed E-state index contributed by atoms with van der Waals surface area (Å²) >= 11 is 0. The Labute approximate surface area is 167 Å². The second kappa shape index (κ2) is 10.2. The van der Waals surface area contributed by atoms with Gasteiger partial charge in [0.15, 0.2) is 17.5 Å². The van der Waals surface area contributed by atoms with E-state index in [-0.39, 0.29) is 18.6 Å². The van der Waals surface area contributed by atoms with Crippen molar-refractivity contribution in [3.63, 3.8) is 0 Å². The molecule has 3 N–H and O–H groups in total. The van der Waals surface area contributed by atoms with Crippen molar-refractivity contribution in [1.29, 1.82) is 0 Å². The Morgan fingerprint density at radius 2 is 1.96 bits per heavy atom. The SMILES string of the molecule is CCNC(=NCc1cccc(OC)c1OC1CCCC1)NCC(=O)NC1CC1. The molecule has 7 heteroatoms. The van der Waals surface area contributed by atoms with Crippen molar-refractivity contribution < 1.29 is 14.3 Å². The zero-order valence-electron chi connectivity index (χ0n) is 16.9. The molecule has 28 heavy (non-hydrogen) atoms. The number of guanidine groups is 1. The maximum absolute atomic E-state index is 11.9. The first-order valence-corrected chi connectivity index (χ1v) is 10.3. The topological polar surface area (TPSA) is 84.0 Å². The largest absolute Gasteiger partial charge is 0.493 e. The average Bonchev–Trinajstić information content (AvgIpc) is 3.36. The first-order chi connectivity index (χ1) is 13.7. The summed E-state index contributed by atoms with van der Waals surface area (Å²) in [6.07, 6.45) is 7.01. The highest BCUT2D eigenvalue weighted by Gasteiger charge is 2.23. The number of carbonyl (C=O) groups is 1. The van der Waals surface area contributed by atoms with Crippen molar-refractivity contribution in [3.05, 3.63) is 23.8 Å². The molecule has 0 atom stereocenters. The molecular formula is C21H32N4O3. The van der Waals surface area contributed by atoms with Gasteiger partial charge in [-0.15, -0.1) is 0 Å². The fourth-order valence-electron chi connectivity index (χ4n) is 3.33. The molecule has 0 saturated heterocycles. The van der Waals surface area contributed by atoms with Gasteiger partial charge in [-0.05, 0) is 51.5 Å². The standard InChI is InChI=1S/C21H32N4O3/c1-3-22-21(24-14-19(26)25-16-11-12-16)23-13-15-7-6-10-18(27-2)20(15)28-17-8-4-5-9-17/h6-7,10,16-17H,3-5,8-9,11-14H2,1-2H3,(H,25,26)(H2,22,23,24). The molecule has 0 radical (unpaired) electrons. The molecule has 7 nitrogen and oxygen atoms in total. The zero-order valence-corrected chi connectivity index (χ0v) is 16.9. The Kier molecular flexibility index (Phi) is 7.39. The molecule has 1 amide bonds. The van der Waals surface area contributed by atoms with Crippen molar-refractivity contribution in [2.75, 3.05) is 20.2 Å². The fraction of sp³-hybridized carbons (Fsp3) is 0.619. The highest BCUT2D eigenvalue weighted by Crippen LogP contribution is 2.35. The Morgan fingerprint density at radius 1 is 1.18 bits per heavy atom. The van der Waals surface area contributed by atoms with Gasteiger partial charge in [0.2, 0.25) is 5.91 Å².